The molecule has 0 radical (unpaired) electrons. The van der Waals surface area contributed by atoms with Crippen LogP contribution in [0.5, 0.6) is 0 Å². The normalized spacial score (nSPS) is 18.1. The van der Waals surface area contributed by atoms with Gasteiger partial charge in [0.15, 0.2) is 0 Å². The molecule has 110 valence electrons. The number of hydrogen-bond donors (Lipinski definition) is 2. The van der Waals surface area contributed by atoms with E-state index in [1.54, 1.807) is 4.90 Å². The van der Waals surface area contributed by atoms with Crippen molar-refractivity contribution in [3.05, 3.63) is 0 Å². The average Bonchev–Trinajstić information content (AvgIpc) is 2.38. The molecule has 1 aliphatic rings. The zero-order valence-electron chi connectivity index (χ0n) is 11.7. The van der Waals surface area contributed by atoms with Crippen molar-refractivity contribution in [2.45, 2.75) is 51.7 Å². The number of ether oxygens (including phenoxy) is 1. The first kappa shape index (κ1) is 15.8. The maximum atomic E-state index is 12.0. The van der Waals surface area contributed by atoms with Crippen molar-refractivity contribution in [3.8, 4) is 0 Å². The number of carboxylic acid groups (broad SMARTS) is 1. The summed E-state index contributed by atoms with van der Waals surface area (Å²) >= 11 is 0. The highest BCUT2D eigenvalue weighted by Gasteiger charge is 2.24. The van der Waals surface area contributed by atoms with Crippen LogP contribution in [-0.2, 0) is 9.53 Å². The minimum absolute atomic E-state index is 0.0301. The Morgan fingerprint density at radius 2 is 2.00 bits per heavy atom. The largest absolute Gasteiger partial charge is 0.481 e. The van der Waals surface area contributed by atoms with E-state index < -0.39 is 5.97 Å². The molecule has 0 bridgehead atoms. The van der Waals surface area contributed by atoms with Crippen LogP contribution >= 0.6 is 0 Å². The van der Waals surface area contributed by atoms with E-state index in [-0.39, 0.29) is 24.6 Å². The number of amides is 2. The highest BCUT2D eigenvalue weighted by atomic mass is 16.5. The van der Waals surface area contributed by atoms with Crippen LogP contribution < -0.4 is 5.32 Å². The minimum Gasteiger partial charge on any atom is -0.481 e. The van der Waals surface area contributed by atoms with Gasteiger partial charge in [-0.2, -0.15) is 0 Å². The van der Waals surface area contributed by atoms with E-state index in [4.69, 9.17) is 9.84 Å². The number of rotatable bonds is 6. The van der Waals surface area contributed by atoms with Gasteiger partial charge < -0.3 is 20.1 Å². The molecule has 2 amide bonds. The van der Waals surface area contributed by atoms with Gasteiger partial charge in [-0.3, -0.25) is 4.79 Å². The number of nitrogens with one attached hydrogen (secondary N) is 1. The van der Waals surface area contributed by atoms with E-state index in [0.29, 0.717) is 26.1 Å². The summed E-state index contributed by atoms with van der Waals surface area (Å²) in [6.07, 6.45) is 2.52. The van der Waals surface area contributed by atoms with Gasteiger partial charge in [-0.15, -0.1) is 0 Å². The highest BCUT2D eigenvalue weighted by Crippen LogP contribution is 2.14. The monoisotopic (exact) mass is 272 g/mol. The quantitative estimate of drug-likeness (QED) is 0.767. The van der Waals surface area contributed by atoms with Crippen molar-refractivity contribution in [1.82, 2.24) is 10.2 Å². The lowest BCUT2D eigenvalue weighted by Gasteiger charge is -2.32. The number of likely N-dealkylation sites (tertiary alicyclic amines) is 1. The molecule has 0 aliphatic carbocycles. The molecule has 0 aromatic carbocycles. The van der Waals surface area contributed by atoms with Crippen LogP contribution in [-0.4, -0.2) is 53.8 Å². The summed E-state index contributed by atoms with van der Waals surface area (Å²) in [5.41, 5.74) is 0. The van der Waals surface area contributed by atoms with Crippen molar-refractivity contribution in [2.24, 2.45) is 0 Å². The third-order valence-corrected chi connectivity index (χ3v) is 3.37. The van der Waals surface area contributed by atoms with Gasteiger partial charge in [0.05, 0.1) is 12.5 Å². The van der Waals surface area contributed by atoms with Crippen molar-refractivity contribution in [3.63, 3.8) is 0 Å². The lowest BCUT2D eigenvalue weighted by molar-refractivity contribution is -0.137. The second-order valence-corrected chi connectivity index (χ2v) is 4.79. The Hall–Kier alpha value is -1.30. The number of nitrogens with zero attached hydrogens (tertiary/aromatic N) is 1. The molecule has 6 nitrogen and oxygen atoms in total. The van der Waals surface area contributed by atoms with Crippen molar-refractivity contribution >= 4 is 12.0 Å². The van der Waals surface area contributed by atoms with Crippen molar-refractivity contribution in [1.29, 1.82) is 0 Å². The smallest absolute Gasteiger partial charge is 0.317 e. The molecular formula is C13H24N2O4. The summed E-state index contributed by atoms with van der Waals surface area (Å²) in [6, 6.07) is -0.460. The van der Waals surface area contributed by atoms with Gasteiger partial charge in [-0.1, -0.05) is 6.92 Å². The fraction of sp³-hybridized carbons (Fsp3) is 0.846. The van der Waals surface area contributed by atoms with Gasteiger partial charge in [-0.05, 0) is 26.2 Å². The summed E-state index contributed by atoms with van der Waals surface area (Å²) in [5, 5.41) is 11.5. The van der Waals surface area contributed by atoms with E-state index in [2.05, 4.69) is 5.32 Å². The molecular weight excluding hydrogens is 248 g/mol. The molecule has 1 fully saturated rings. The Kier molecular flexibility index (Phi) is 6.62. The molecule has 1 unspecified atom stereocenters. The van der Waals surface area contributed by atoms with Crippen LogP contribution in [0.3, 0.4) is 0 Å². The Morgan fingerprint density at radius 1 is 1.37 bits per heavy atom. The molecule has 0 aromatic heterocycles. The van der Waals surface area contributed by atoms with Gasteiger partial charge in [0.1, 0.15) is 0 Å². The Bertz CT molecular complexity index is 301. The third-order valence-electron chi connectivity index (χ3n) is 3.37. The van der Waals surface area contributed by atoms with Crippen LogP contribution in [0, 0.1) is 0 Å². The molecule has 2 N–H and O–H groups in total. The van der Waals surface area contributed by atoms with Crippen LogP contribution in [0.1, 0.15) is 39.5 Å². The summed E-state index contributed by atoms with van der Waals surface area (Å²) in [4.78, 5) is 24.4. The van der Waals surface area contributed by atoms with Crippen LogP contribution in [0.2, 0.25) is 0 Å². The number of carbonyl (C=O) groups excluding carboxylic acids is 1. The molecule has 1 rings (SSSR count). The molecule has 1 atom stereocenters. The zero-order chi connectivity index (χ0) is 14.3. The summed E-state index contributed by atoms with van der Waals surface area (Å²) in [5.74, 6) is -0.887. The van der Waals surface area contributed by atoms with E-state index >= 15 is 0 Å². The molecule has 19 heavy (non-hydrogen) atoms. The number of urea groups is 1. The molecule has 0 spiro atoms. The van der Waals surface area contributed by atoms with Crippen molar-refractivity contribution in [2.75, 3.05) is 19.7 Å². The molecule has 1 aliphatic heterocycles. The van der Waals surface area contributed by atoms with Gasteiger partial charge in [0, 0.05) is 25.7 Å². The van der Waals surface area contributed by atoms with E-state index in [0.717, 1.165) is 12.8 Å². The van der Waals surface area contributed by atoms with E-state index in [1.165, 1.54) is 0 Å². The predicted molar refractivity (Wildman–Crippen MR) is 71.1 cm³/mol. The van der Waals surface area contributed by atoms with E-state index in [9.17, 15) is 9.59 Å². The standard InChI is InChI=1S/C13H24N2O4/c1-3-10(9-12(16)17)14-13(18)15-7-5-11(6-8-15)19-4-2/h10-11H,3-9H2,1-2H3,(H,14,18)(H,16,17). The number of piperidine rings is 1. The van der Waals surface area contributed by atoms with Gasteiger partial charge in [0.2, 0.25) is 0 Å². The minimum atomic E-state index is -0.887. The molecule has 1 saturated heterocycles. The second kappa shape index (κ2) is 7.99. The predicted octanol–water partition coefficient (Wildman–Crippen LogP) is 1.45. The Morgan fingerprint density at radius 3 is 2.47 bits per heavy atom. The Balaban J connectivity index is 2.35. The lowest BCUT2D eigenvalue weighted by atomic mass is 10.1. The zero-order valence-corrected chi connectivity index (χ0v) is 11.7. The van der Waals surface area contributed by atoms with Crippen LogP contribution in [0.15, 0.2) is 0 Å². The number of carboxylic acids is 1. The lowest BCUT2D eigenvalue weighted by Crippen LogP contribution is -2.49. The van der Waals surface area contributed by atoms with Gasteiger partial charge in [-0.25, -0.2) is 4.79 Å². The summed E-state index contributed by atoms with van der Waals surface area (Å²) in [7, 11) is 0. The first-order valence-electron chi connectivity index (χ1n) is 6.95. The maximum Gasteiger partial charge on any atom is 0.317 e. The van der Waals surface area contributed by atoms with Crippen molar-refractivity contribution < 1.29 is 19.4 Å². The first-order valence-corrected chi connectivity index (χ1v) is 6.95. The maximum absolute atomic E-state index is 12.0. The van der Waals surface area contributed by atoms with Gasteiger partial charge in [0.25, 0.3) is 0 Å². The average molecular weight is 272 g/mol. The fourth-order valence-corrected chi connectivity index (χ4v) is 2.24. The van der Waals surface area contributed by atoms with E-state index in [1.807, 2.05) is 13.8 Å². The SMILES string of the molecule is CCOC1CCN(C(=O)NC(CC)CC(=O)O)CC1. The fourth-order valence-electron chi connectivity index (χ4n) is 2.24. The van der Waals surface area contributed by atoms with Crippen LogP contribution in [0.25, 0.3) is 0 Å². The molecule has 0 saturated carbocycles. The third kappa shape index (κ3) is 5.46. The number of hydrogen-bond acceptors (Lipinski definition) is 3. The number of aliphatic carboxylic acids is 1. The summed E-state index contributed by atoms with van der Waals surface area (Å²) in [6.45, 7) is 5.87. The number of carbonyl (C=O) groups is 2. The van der Waals surface area contributed by atoms with Gasteiger partial charge >= 0.3 is 12.0 Å². The first-order chi connectivity index (χ1) is 9.06. The molecule has 1 heterocycles. The highest BCUT2D eigenvalue weighted by molar-refractivity contribution is 5.76. The molecule has 6 heteroatoms. The summed E-state index contributed by atoms with van der Waals surface area (Å²) < 4.78 is 5.53. The topological polar surface area (TPSA) is 78.9 Å². The van der Waals surface area contributed by atoms with Crippen LogP contribution in [0.4, 0.5) is 4.79 Å². The Labute approximate surface area is 114 Å². The second-order valence-electron chi connectivity index (χ2n) is 4.79. The molecule has 0 aromatic rings.